The Kier molecular flexibility index (Phi) is 39.6. The van der Waals surface area contributed by atoms with Crippen molar-refractivity contribution in [1.29, 1.82) is 0 Å². The average Bonchev–Trinajstić information content (AvgIpc) is 0.788. The quantitative estimate of drug-likeness (QED) is 0.0219. The predicted molar refractivity (Wildman–Crippen MR) is 557 cm³/mol. The van der Waals surface area contributed by atoms with Crippen LogP contribution in [-0.4, -0.2) is 96.1 Å². The predicted octanol–water partition coefficient (Wildman–Crippen LogP) is 29.0. The van der Waals surface area contributed by atoms with Gasteiger partial charge in [0.1, 0.15) is 37.8 Å². The summed E-state index contributed by atoms with van der Waals surface area (Å²) in [6, 6.07) is 71.1. The number of aromatic nitrogens is 4. The molecule has 700 valence electrons. The van der Waals surface area contributed by atoms with Crippen LogP contribution in [-0.2, 0) is 26.2 Å². The summed E-state index contributed by atoms with van der Waals surface area (Å²) in [7, 11) is 0. The van der Waals surface area contributed by atoms with E-state index in [0.29, 0.717) is 35.3 Å². The maximum Gasteiger partial charge on any atom is 0.213 e. The number of benzene rings is 10. The van der Waals surface area contributed by atoms with Crippen LogP contribution in [0.3, 0.4) is 0 Å². The topological polar surface area (TPSA) is 28.5 Å². The molecule has 4 atom stereocenters. The molecule has 14 heteroatoms. The van der Waals surface area contributed by atoms with Crippen LogP contribution in [0.25, 0.3) is 113 Å². The van der Waals surface area contributed by atoms with Crippen molar-refractivity contribution in [2.24, 2.45) is 0 Å². The first-order valence-corrected chi connectivity index (χ1v) is 48.8. The first-order valence-electron chi connectivity index (χ1n) is 48.8. The van der Waals surface area contributed by atoms with Crippen LogP contribution in [0, 0.1) is 51.0 Å². The van der Waals surface area contributed by atoms with Gasteiger partial charge >= 0.3 is 0 Å². The minimum atomic E-state index is -0.564. The number of nitrogens with zero attached hydrogens (tertiary/aromatic N) is 8. The fourth-order valence-corrected chi connectivity index (χ4v) is 18.5. The lowest BCUT2D eigenvalue weighted by molar-refractivity contribution is -0.699. The summed E-state index contributed by atoms with van der Waals surface area (Å²) in [6.07, 6.45) is 36.4. The van der Waals surface area contributed by atoms with Crippen molar-refractivity contribution in [1.82, 2.24) is 19.6 Å². The van der Waals surface area contributed by atoms with Crippen molar-refractivity contribution < 1.29 is 44.6 Å². The molecule has 10 aromatic carbocycles. The Bertz CT molecular complexity index is 6020. The molecular formula is C120H142F6N8+4. The highest BCUT2D eigenvalue weighted by Gasteiger charge is 2.23. The van der Waals surface area contributed by atoms with E-state index in [1.165, 1.54) is 80.5 Å². The van der Waals surface area contributed by atoms with Gasteiger partial charge in [0, 0.05) is 85.2 Å². The van der Waals surface area contributed by atoms with Gasteiger partial charge in [-0.2, -0.15) is 26.7 Å². The minimum absolute atomic E-state index is 0.00300. The highest BCUT2D eigenvalue weighted by atomic mass is 19.2. The summed E-state index contributed by atoms with van der Waals surface area (Å²) in [5.74, 6) is -2.57. The van der Waals surface area contributed by atoms with E-state index in [4.69, 9.17) is 0 Å². The largest absolute Gasteiger partial charge is 0.301 e. The Balaban J connectivity index is 0.000000172. The lowest BCUT2D eigenvalue weighted by atomic mass is 10.0. The lowest BCUT2D eigenvalue weighted by Gasteiger charge is -2.25. The molecule has 134 heavy (non-hydrogen) atoms. The van der Waals surface area contributed by atoms with E-state index in [-0.39, 0.29) is 22.8 Å². The number of fused-ring (bicyclic) bond motifs is 6. The highest BCUT2D eigenvalue weighted by Crippen LogP contribution is 2.30. The number of para-hydroxylation sites is 2. The molecule has 0 aliphatic heterocycles. The molecule has 0 fully saturated rings. The molecule has 14 aromatic rings. The Morgan fingerprint density at radius 1 is 0.299 bits per heavy atom. The van der Waals surface area contributed by atoms with Crippen molar-refractivity contribution in [3.63, 3.8) is 0 Å². The van der Waals surface area contributed by atoms with Crippen LogP contribution < -0.4 is 18.3 Å². The van der Waals surface area contributed by atoms with Crippen molar-refractivity contribution in [2.75, 3.05) is 52.4 Å². The second-order valence-corrected chi connectivity index (χ2v) is 35.8. The van der Waals surface area contributed by atoms with E-state index < -0.39 is 23.3 Å². The molecule has 4 unspecified atom stereocenters. The summed E-state index contributed by atoms with van der Waals surface area (Å²) in [4.78, 5) is 9.79. The van der Waals surface area contributed by atoms with E-state index in [1.807, 2.05) is 147 Å². The number of halogens is 6. The Morgan fingerprint density at radius 2 is 0.567 bits per heavy atom. The van der Waals surface area contributed by atoms with Crippen LogP contribution in [0.1, 0.15) is 201 Å². The number of pyridine rings is 4. The molecule has 0 bridgehead atoms. The van der Waals surface area contributed by atoms with Crippen LogP contribution >= 0.6 is 0 Å². The molecule has 0 spiro atoms. The Hall–Kier alpha value is -11.8. The second kappa shape index (κ2) is 51.6. The van der Waals surface area contributed by atoms with E-state index >= 15 is 8.78 Å². The van der Waals surface area contributed by atoms with Gasteiger partial charge in [-0.15, -0.1) is 0 Å². The average molecular weight is 1810 g/mol. The minimum Gasteiger partial charge on any atom is -0.301 e. The number of hydrogen-bond acceptors (Lipinski definition) is 4. The van der Waals surface area contributed by atoms with Crippen molar-refractivity contribution in [2.45, 2.75) is 212 Å². The van der Waals surface area contributed by atoms with Crippen LogP contribution in [0.15, 0.2) is 268 Å². The van der Waals surface area contributed by atoms with Gasteiger partial charge in [0.15, 0.2) is 35.7 Å². The second-order valence-electron chi connectivity index (χ2n) is 35.8. The Labute approximate surface area is 795 Å². The van der Waals surface area contributed by atoms with Crippen molar-refractivity contribution in [3.8, 4) is 0 Å². The fourth-order valence-electron chi connectivity index (χ4n) is 18.5. The number of allylic oxidation sites excluding steroid dienone is 4. The summed E-state index contributed by atoms with van der Waals surface area (Å²) in [5.41, 5.74) is 12.0. The van der Waals surface area contributed by atoms with E-state index in [0.717, 1.165) is 196 Å². The van der Waals surface area contributed by atoms with Crippen molar-refractivity contribution in [3.05, 3.63) is 358 Å². The summed E-state index contributed by atoms with van der Waals surface area (Å²) >= 11 is 0. The van der Waals surface area contributed by atoms with Gasteiger partial charge in [-0.05, 0) is 247 Å². The molecule has 8 nitrogen and oxygen atoms in total. The van der Waals surface area contributed by atoms with E-state index in [2.05, 4.69) is 235 Å². The van der Waals surface area contributed by atoms with Gasteiger partial charge in [-0.3, -0.25) is 0 Å². The number of rotatable bonds is 38. The third kappa shape index (κ3) is 29.1. The molecule has 0 N–H and O–H groups in total. The lowest BCUT2D eigenvalue weighted by Crippen LogP contribution is -2.37. The van der Waals surface area contributed by atoms with Gasteiger partial charge in [-0.1, -0.05) is 272 Å². The number of hydrogen-bond donors (Lipinski definition) is 0. The third-order valence-electron chi connectivity index (χ3n) is 26.4. The van der Waals surface area contributed by atoms with Gasteiger partial charge in [-0.25, -0.2) is 17.9 Å². The molecular weight excluding hydrogens is 1670 g/mol. The van der Waals surface area contributed by atoms with Gasteiger partial charge in [0.25, 0.3) is 0 Å². The zero-order valence-corrected chi connectivity index (χ0v) is 82.2. The molecule has 4 aromatic heterocycles. The number of aryl methyl sites for hydroxylation is 8. The highest BCUT2D eigenvalue weighted by molar-refractivity contribution is 5.92. The molecule has 0 aliphatic rings. The van der Waals surface area contributed by atoms with Crippen LogP contribution in [0.4, 0.5) is 26.3 Å². The van der Waals surface area contributed by atoms with Gasteiger partial charge in [0.2, 0.25) is 35.8 Å². The normalized spacial score (nSPS) is 13.1. The molecule has 0 aliphatic carbocycles. The standard InChI is InChI=1S/2C33H38FN2.2C27H33F2N2/c2*1-5-35(6-2)26(4)12-11-21-36-24-32(34)30(31-15-9-10-16-33(31)36)14-8-7-13-27-18-20-28-22-25(3)17-19-29(28)23-27;2*1-5-31(6-2)21(4)8-7-14-30-15-13-25(27(29)19-30)26(28)18-22-10-12-23-16-20(3)9-11-24(23)17-22/h2*7-10,13-20,22-24,26H,5-6,11-12,21H2,1-4H3;2*9-13,15-19,21H,5-8,14H2,1-4H3/q4*+1/b2*13-7+,14-8+;2*26-18-. The maximum absolute atomic E-state index is 15.3. The van der Waals surface area contributed by atoms with Crippen molar-refractivity contribution >= 4 is 113 Å². The first kappa shape index (κ1) is 103. The summed E-state index contributed by atoms with van der Waals surface area (Å²) < 4.78 is 97.1. The molecule has 0 saturated carbocycles. The van der Waals surface area contributed by atoms with E-state index in [9.17, 15) is 17.6 Å². The molecule has 0 radical (unpaired) electrons. The first-order chi connectivity index (χ1) is 64.8. The van der Waals surface area contributed by atoms with Gasteiger partial charge in [0.05, 0.1) is 21.9 Å². The SMILES string of the molecule is CCN(CC)C(C)CCC[n+]1cc(F)c(/C=C/C=C/c2ccc3cc(C)ccc3c2)c2ccccc21.CCN(CC)C(C)CCC[n+]1cc(F)c(/C=C/C=C/c2ccc3cc(C)ccc3c2)c2ccccc21.CCN(CC)C(C)CCC[n+]1ccc(/C(F)=C/c2ccc3cc(C)ccc3c2)c(F)c1.CCN(CC)C(C)CCC[n+]1ccc(/C(F)=C/c2ccc3cc(C)ccc3c2)c(F)c1. The smallest absolute Gasteiger partial charge is 0.213 e. The van der Waals surface area contributed by atoms with Crippen LogP contribution in [0.2, 0.25) is 0 Å². The maximum atomic E-state index is 15.3. The Morgan fingerprint density at radius 3 is 0.873 bits per heavy atom. The molecule has 0 saturated heterocycles. The fraction of sp³-hybridized carbons (Fsp3) is 0.333. The third-order valence-corrected chi connectivity index (χ3v) is 26.4. The molecule has 14 rings (SSSR count). The summed E-state index contributed by atoms with van der Waals surface area (Å²) in [6.45, 7) is 46.4. The van der Waals surface area contributed by atoms with E-state index in [1.54, 1.807) is 33.9 Å². The molecule has 0 amide bonds. The molecule has 4 heterocycles. The zero-order chi connectivity index (χ0) is 95.7. The zero-order valence-electron chi connectivity index (χ0n) is 82.2. The van der Waals surface area contributed by atoms with Gasteiger partial charge < -0.3 is 19.6 Å². The monoisotopic (exact) mass is 1810 g/mol. The van der Waals surface area contributed by atoms with Crippen LogP contribution in [0.5, 0.6) is 0 Å². The summed E-state index contributed by atoms with van der Waals surface area (Å²) in [5, 5.41) is 11.1.